The second-order valence-electron chi connectivity index (χ2n) is 5.28. The van der Waals surface area contributed by atoms with Gasteiger partial charge in [0.15, 0.2) is 0 Å². The van der Waals surface area contributed by atoms with Crippen molar-refractivity contribution in [2.75, 3.05) is 6.54 Å². The Labute approximate surface area is 130 Å². The highest BCUT2D eigenvalue weighted by atomic mass is 16.6. The first-order valence-corrected chi connectivity index (χ1v) is 8.34. The summed E-state index contributed by atoms with van der Waals surface area (Å²) in [6.07, 6.45) is 24.2. The molecule has 0 saturated heterocycles. The molecule has 0 aliphatic carbocycles. The maximum atomic E-state index is 10.1. The second kappa shape index (κ2) is 16.7. The lowest BCUT2D eigenvalue weighted by molar-refractivity contribution is -0.480. The molecular weight excluding hydrogens is 262 g/mol. The lowest BCUT2D eigenvalue weighted by Crippen LogP contribution is -1.98. The molecular formula is C18H31NO2. The zero-order chi connectivity index (χ0) is 15.6. The standard InChI is InChI=1S/C18H31NO2/c1-2-3-4-5-6-7-8-9-10-11-12-13-14-15-16-17-18-19(20)21/h6-7,9-10,14-15H,2-5,8,11-13,16-18H2,1H3/b7-6-,10-9-,15-14-. The van der Waals surface area contributed by atoms with Crippen molar-refractivity contribution in [1.82, 2.24) is 0 Å². The number of rotatable bonds is 14. The molecule has 3 nitrogen and oxygen atoms in total. The molecule has 0 aliphatic rings. The van der Waals surface area contributed by atoms with Gasteiger partial charge in [-0.2, -0.15) is 0 Å². The number of nitro groups is 1. The highest BCUT2D eigenvalue weighted by Gasteiger charge is 1.92. The van der Waals surface area contributed by atoms with Gasteiger partial charge in [-0.15, -0.1) is 0 Å². The Balaban J connectivity index is 3.28. The molecule has 0 amide bonds. The van der Waals surface area contributed by atoms with Gasteiger partial charge >= 0.3 is 0 Å². The van der Waals surface area contributed by atoms with E-state index in [1.54, 1.807) is 0 Å². The van der Waals surface area contributed by atoms with E-state index in [-0.39, 0.29) is 11.5 Å². The summed E-state index contributed by atoms with van der Waals surface area (Å²) in [4.78, 5) is 9.86. The Kier molecular flexibility index (Phi) is 15.6. The molecule has 0 rings (SSSR count). The third-order valence-electron chi connectivity index (χ3n) is 3.20. The molecule has 0 radical (unpaired) electrons. The van der Waals surface area contributed by atoms with Gasteiger partial charge in [-0.1, -0.05) is 56.2 Å². The maximum absolute atomic E-state index is 10.1. The van der Waals surface area contributed by atoms with E-state index in [2.05, 4.69) is 43.4 Å². The van der Waals surface area contributed by atoms with Crippen LogP contribution in [0, 0.1) is 10.1 Å². The lowest BCUT2D eigenvalue weighted by atomic mass is 10.2. The Morgan fingerprint density at radius 2 is 1.29 bits per heavy atom. The molecule has 0 fully saturated rings. The summed E-state index contributed by atoms with van der Waals surface area (Å²) in [6, 6.07) is 0. The first-order valence-electron chi connectivity index (χ1n) is 8.34. The summed E-state index contributed by atoms with van der Waals surface area (Å²) in [5, 5.41) is 10.1. The van der Waals surface area contributed by atoms with Gasteiger partial charge in [0.1, 0.15) is 0 Å². The average molecular weight is 293 g/mol. The maximum Gasteiger partial charge on any atom is 0.204 e. The summed E-state index contributed by atoms with van der Waals surface area (Å²) < 4.78 is 0. The monoisotopic (exact) mass is 293 g/mol. The number of hydrogen-bond donors (Lipinski definition) is 0. The highest BCUT2D eigenvalue weighted by molar-refractivity contribution is 4.93. The van der Waals surface area contributed by atoms with Crippen LogP contribution in [0.25, 0.3) is 0 Å². The number of hydrogen-bond acceptors (Lipinski definition) is 2. The Morgan fingerprint density at radius 3 is 1.86 bits per heavy atom. The van der Waals surface area contributed by atoms with Crippen molar-refractivity contribution >= 4 is 0 Å². The fourth-order valence-electron chi connectivity index (χ4n) is 1.95. The van der Waals surface area contributed by atoms with E-state index in [9.17, 15) is 10.1 Å². The van der Waals surface area contributed by atoms with E-state index in [4.69, 9.17) is 0 Å². The molecule has 0 bridgehead atoms. The van der Waals surface area contributed by atoms with Crippen LogP contribution in [0.4, 0.5) is 0 Å². The van der Waals surface area contributed by atoms with Crippen molar-refractivity contribution in [3.63, 3.8) is 0 Å². The van der Waals surface area contributed by atoms with Crippen LogP contribution in [0.3, 0.4) is 0 Å². The largest absolute Gasteiger partial charge is 0.265 e. The van der Waals surface area contributed by atoms with E-state index in [0.29, 0.717) is 6.42 Å². The third-order valence-corrected chi connectivity index (χ3v) is 3.20. The molecule has 0 saturated carbocycles. The van der Waals surface area contributed by atoms with E-state index in [1.165, 1.54) is 25.7 Å². The summed E-state index contributed by atoms with van der Waals surface area (Å²) in [5.74, 6) is 0. The Bertz CT molecular complexity index is 319. The first kappa shape index (κ1) is 19.6. The first-order chi connectivity index (χ1) is 10.3. The van der Waals surface area contributed by atoms with Gasteiger partial charge in [-0.3, -0.25) is 10.1 Å². The Morgan fingerprint density at radius 1 is 0.762 bits per heavy atom. The summed E-state index contributed by atoms with van der Waals surface area (Å²) >= 11 is 0. The van der Waals surface area contributed by atoms with E-state index >= 15 is 0 Å². The summed E-state index contributed by atoms with van der Waals surface area (Å²) in [5.41, 5.74) is 0. The molecule has 0 aliphatic heterocycles. The number of unbranched alkanes of at least 4 members (excludes halogenated alkanes) is 6. The van der Waals surface area contributed by atoms with Crippen LogP contribution in [-0.2, 0) is 0 Å². The fourth-order valence-corrected chi connectivity index (χ4v) is 1.95. The van der Waals surface area contributed by atoms with Crippen molar-refractivity contribution < 1.29 is 4.92 Å². The molecule has 3 heteroatoms. The van der Waals surface area contributed by atoms with Crippen LogP contribution >= 0.6 is 0 Å². The van der Waals surface area contributed by atoms with Gasteiger partial charge < -0.3 is 0 Å². The van der Waals surface area contributed by atoms with Crippen molar-refractivity contribution in [2.45, 2.75) is 71.1 Å². The number of nitrogens with zero attached hydrogens (tertiary/aromatic N) is 1. The molecule has 0 unspecified atom stereocenters. The van der Waals surface area contributed by atoms with Gasteiger partial charge in [0, 0.05) is 11.3 Å². The summed E-state index contributed by atoms with van der Waals surface area (Å²) in [6.45, 7) is 2.31. The predicted octanol–water partition coefficient (Wildman–Crippen LogP) is 5.85. The second-order valence-corrected chi connectivity index (χ2v) is 5.28. The van der Waals surface area contributed by atoms with Crippen molar-refractivity contribution in [3.8, 4) is 0 Å². The minimum Gasteiger partial charge on any atom is -0.265 e. The Hall–Kier alpha value is -1.38. The van der Waals surface area contributed by atoms with Crippen molar-refractivity contribution in [1.29, 1.82) is 0 Å². The lowest BCUT2D eigenvalue weighted by Gasteiger charge is -1.92. The van der Waals surface area contributed by atoms with Crippen molar-refractivity contribution in [2.24, 2.45) is 0 Å². The van der Waals surface area contributed by atoms with Crippen molar-refractivity contribution in [3.05, 3.63) is 46.6 Å². The van der Waals surface area contributed by atoms with Gasteiger partial charge in [-0.25, -0.2) is 0 Å². The minimum absolute atomic E-state index is 0.0824. The minimum atomic E-state index is -0.253. The van der Waals surface area contributed by atoms with Gasteiger partial charge in [0.25, 0.3) is 0 Å². The van der Waals surface area contributed by atoms with Crippen LogP contribution in [0.1, 0.15) is 71.1 Å². The normalized spacial score (nSPS) is 12.0. The smallest absolute Gasteiger partial charge is 0.204 e. The van der Waals surface area contributed by atoms with E-state index in [0.717, 1.165) is 32.1 Å². The van der Waals surface area contributed by atoms with Crippen LogP contribution in [0.2, 0.25) is 0 Å². The quantitative estimate of drug-likeness (QED) is 0.174. The van der Waals surface area contributed by atoms with E-state index < -0.39 is 0 Å². The molecule has 21 heavy (non-hydrogen) atoms. The highest BCUT2D eigenvalue weighted by Crippen LogP contribution is 2.02. The molecule has 0 spiro atoms. The van der Waals surface area contributed by atoms with Gasteiger partial charge in [-0.05, 0) is 44.9 Å². The van der Waals surface area contributed by atoms with E-state index in [1.807, 2.05) is 0 Å². The fraction of sp³-hybridized carbons (Fsp3) is 0.667. The zero-order valence-electron chi connectivity index (χ0n) is 13.5. The van der Waals surface area contributed by atoms with Crippen LogP contribution in [0.15, 0.2) is 36.5 Å². The number of allylic oxidation sites excluding steroid dienone is 6. The predicted molar refractivity (Wildman–Crippen MR) is 91.1 cm³/mol. The van der Waals surface area contributed by atoms with Gasteiger partial charge in [0.05, 0.1) is 0 Å². The molecule has 0 N–H and O–H groups in total. The molecule has 0 aromatic carbocycles. The molecule has 0 aromatic heterocycles. The zero-order valence-corrected chi connectivity index (χ0v) is 13.5. The van der Waals surface area contributed by atoms with Crippen LogP contribution in [-0.4, -0.2) is 11.5 Å². The summed E-state index contributed by atoms with van der Waals surface area (Å²) in [7, 11) is 0. The molecule has 0 heterocycles. The average Bonchev–Trinajstić information content (AvgIpc) is 2.46. The molecule has 0 atom stereocenters. The molecule has 120 valence electrons. The third kappa shape index (κ3) is 18.6. The molecule has 0 aromatic rings. The SMILES string of the molecule is CCCCC/C=C\C/C=C\CCC/C=C\CCC[N+](=O)[O-]. The van der Waals surface area contributed by atoms with Crippen LogP contribution in [0.5, 0.6) is 0 Å². The van der Waals surface area contributed by atoms with Crippen LogP contribution < -0.4 is 0 Å². The topological polar surface area (TPSA) is 43.1 Å². The van der Waals surface area contributed by atoms with Gasteiger partial charge in [0.2, 0.25) is 6.54 Å².